The Kier molecular flexibility index (Phi) is 3.87. The zero-order valence-electron chi connectivity index (χ0n) is 13.5. The van der Waals surface area contributed by atoms with E-state index in [-0.39, 0.29) is 0 Å². The topological polar surface area (TPSA) is 0 Å². The van der Waals surface area contributed by atoms with Crippen molar-refractivity contribution in [2.24, 2.45) is 28.6 Å². The van der Waals surface area contributed by atoms with Crippen LogP contribution in [0.5, 0.6) is 0 Å². The minimum absolute atomic E-state index is 0.536. The fourth-order valence-electron chi connectivity index (χ4n) is 4.34. The molecule has 0 amide bonds. The third-order valence-electron chi connectivity index (χ3n) is 6.41. The van der Waals surface area contributed by atoms with Gasteiger partial charge in [-0.1, -0.05) is 54.4 Å². The van der Waals surface area contributed by atoms with Crippen molar-refractivity contribution in [1.29, 1.82) is 0 Å². The first kappa shape index (κ1) is 14.4. The van der Waals surface area contributed by atoms with Gasteiger partial charge in [-0.05, 0) is 60.2 Å². The highest BCUT2D eigenvalue weighted by molar-refractivity contribution is 5.14. The minimum atomic E-state index is 0.536. The monoisotopic (exact) mass is 249 g/mol. The molecule has 0 nitrogen and oxygen atoms in total. The fourth-order valence-corrected chi connectivity index (χ4v) is 4.34. The van der Waals surface area contributed by atoms with E-state index < -0.39 is 0 Å². The molecule has 3 unspecified atom stereocenters. The van der Waals surface area contributed by atoms with Crippen molar-refractivity contribution in [3.8, 4) is 0 Å². The van der Waals surface area contributed by atoms with Crippen molar-refractivity contribution in [3.05, 3.63) is 5.92 Å². The van der Waals surface area contributed by atoms with Gasteiger partial charge < -0.3 is 0 Å². The summed E-state index contributed by atoms with van der Waals surface area (Å²) in [5, 5.41) is 0. The first-order valence-corrected chi connectivity index (χ1v) is 8.09. The van der Waals surface area contributed by atoms with Crippen LogP contribution in [0.2, 0.25) is 0 Å². The Labute approximate surface area is 115 Å². The van der Waals surface area contributed by atoms with E-state index in [0.717, 1.165) is 17.8 Å². The molecule has 0 aliphatic heterocycles. The van der Waals surface area contributed by atoms with E-state index in [1.807, 2.05) is 5.92 Å². The molecule has 0 aromatic rings. The van der Waals surface area contributed by atoms with Gasteiger partial charge in [0.2, 0.25) is 0 Å². The summed E-state index contributed by atoms with van der Waals surface area (Å²) < 4.78 is 0. The summed E-state index contributed by atoms with van der Waals surface area (Å²) in [6.07, 6.45) is 8.57. The Morgan fingerprint density at radius 3 is 2.06 bits per heavy atom. The molecule has 2 rings (SSSR count). The van der Waals surface area contributed by atoms with E-state index in [1.165, 1.54) is 38.5 Å². The minimum Gasteiger partial charge on any atom is -0.0625 e. The van der Waals surface area contributed by atoms with Crippen molar-refractivity contribution in [1.82, 2.24) is 0 Å². The van der Waals surface area contributed by atoms with Crippen molar-refractivity contribution < 1.29 is 0 Å². The molecule has 0 saturated heterocycles. The predicted molar refractivity (Wildman–Crippen MR) is 80.3 cm³/mol. The van der Waals surface area contributed by atoms with E-state index in [0.29, 0.717) is 10.8 Å². The van der Waals surface area contributed by atoms with Gasteiger partial charge in [0.15, 0.2) is 0 Å². The van der Waals surface area contributed by atoms with Gasteiger partial charge in [0.1, 0.15) is 0 Å². The van der Waals surface area contributed by atoms with Gasteiger partial charge in [0.25, 0.3) is 0 Å². The van der Waals surface area contributed by atoms with Crippen LogP contribution in [0.3, 0.4) is 0 Å². The SMILES string of the molecule is CC1CCC([C]2CCC(C)(C)C2C)C(C)(C)CC1. The Morgan fingerprint density at radius 2 is 1.50 bits per heavy atom. The van der Waals surface area contributed by atoms with Crippen LogP contribution in [0.1, 0.15) is 80.1 Å². The maximum absolute atomic E-state index is 2.53. The van der Waals surface area contributed by atoms with Crippen LogP contribution in [0.25, 0.3) is 0 Å². The van der Waals surface area contributed by atoms with Crippen LogP contribution >= 0.6 is 0 Å². The molecule has 105 valence electrons. The van der Waals surface area contributed by atoms with Crippen LogP contribution < -0.4 is 0 Å². The lowest BCUT2D eigenvalue weighted by atomic mass is 9.65. The van der Waals surface area contributed by atoms with Crippen LogP contribution in [-0.2, 0) is 0 Å². The number of hydrogen-bond acceptors (Lipinski definition) is 0. The lowest BCUT2D eigenvalue weighted by molar-refractivity contribution is 0.174. The zero-order chi connectivity index (χ0) is 13.6. The Bertz CT molecular complexity index is 286. The predicted octanol–water partition coefficient (Wildman–Crippen LogP) is 5.87. The fraction of sp³-hybridized carbons (Fsp3) is 0.944. The van der Waals surface area contributed by atoms with Crippen molar-refractivity contribution in [3.63, 3.8) is 0 Å². The lowest BCUT2D eigenvalue weighted by Crippen LogP contribution is -2.32. The molecule has 0 heteroatoms. The summed E-state index contributed by atoms with van der Waals surface area (Å²) >= 11 is 0. The van der Waals surface area contributed by atoms with Gasteiger partial charge in [-0.3, -0.25) is 0 Å². The number of rotatable bonds is 1. The molecule has 2 fully saturated rings. The maximum Gasteiger partial charge on any atom is -0.0171 e. The second-order valence-electron chi connectivity index (χ2n) is 8.55. The van der Waals surface area contributed by atoms with Crippen molar-refractivity contribution >= 4 is 0 Å². The highest BCUT2D eigenvalue weighted by atomic mass is 14.5. The van der Waals surface area contributed by atoms with E-state index in [2.05, 4.69) is 41.5 Å². The second-order valence-corrected chi connectivity index (χ2v) is 8.55. The standard InChI is InChI=1S/C18H33/c1-13-7-8-16(18(5,6)11-9-13)15-10-12-17(3,4)14(15)2/h13-14,16H,7-12H2,1-6H3. The van der Waals surface area contributed by atoms with Crippen molar-refractivity contribution in [2.75, 3.05) is 0 Å². The highest BCUT2D eigenvalue weighted by Crippen LogP contribution is 2.57. The average Bonchev–Trinajstić information content (AvgIpc) is 2.44. The molecule has 3 atom stereocenters. The molecular weight excluding hydrogens is 216 g/mol. The van der Waals surface area contributed by atoms with Gasteiger partial charge in [-0.25, -0.2) is 0 Å². The van der Waals surface area contributed by atoms with Crippen molar-refractivity contribution in [2.45, 2.75) is 80.1 Å². The van der Waals surface area contributed by atoms with Gasteiger partial charge >= 0.3 is 0 Å². The summed E-state index contributed by atoms with van der Waals surface area (Å²) in [6.45, 7) is 14.9. The van der Waals surface area contributed by atoms with E-state index in [1.54, 1.807) is 0 Å². The first-order chi connectivity index (χ1) is 8.24. The van der Waals surface area contributed by atoms with Gasteiger partial charge in [-0.2, -0.15) is 0 Å². The summed E-state index contributed by atoms with van der Waals surface area (Å²) in [6, 6.07) is 0. The summed E-state index contributed by atoms with van der Waals surface area (Å²) in [5.41, 5.74) is 1.08. The van der Waals surface area contributed by atoms with Gasteiger partial charge in [-0.15, -0.1) is 0 Å². The van der Waals surface area contributed by atoms with Crippen LogP contribution in [-0.4, -0.2) is 0 Å². The smallest absolute Gasteiger partial charge is 0.0171 e. The van der Waals surface area contributed by atoms with Gasteiger partial charge in [0, 0.05) is 0 Å². The Hall–Kier alpha value is 0. The molecule has 0 aromatic carbocycles. The maximum atomic E-state index is 2.53. The first-order valence-electron chi connectivity index (χ1n) is 8.09. The summed E-state index contributed by atoms with van der Waals surface area (Å²) in [5.74, 6) is 4.58. The molecule has 0 N–H and O–H groups in total. The molecule has 2 aliphatic rings. The molecule has 2 saturated carbocycles. The summed E-state index contributed by atoms with van der Waals surface area (Å²) in [4.78, 5) is 0. The third-order valence-corrected chi connectivity index (χ3v) is 6.41. The van der Waals surface area contributed by atoms with Crippen LogP contribution in [0.15, 0.2) is 0 Å². The largest absolute Gasteiger partial charge is 0.0625 e. The highest BCUT2D eigenvalue weighted by Gasteiger charge is 2.47. The Balaban J connectivity index is 2.16. The van der Waals surface area contributed by atoms with E-state index >= 15 is 0 Å². The van der Waals surface area contributed by atoms with E-state index in [4.69, 9.17) is 0 Å². The van der Waals surface area contributed by atoms with Crippen LogP contribution in [0, 0.1) is 34.5 Å². The third kappa shape index (κ3) is 2.63. The van der Waals surface area contributed by atoms with Crippen LogP contribution in [0.4, 0.5) is 0 Å². The average molecular weight is 249 g/mol. The zero-order valence-corrected chi connectivity index (χ0v) is 13.5. The quantitative estimate of drug-likeness (QED) is 0.510. The number of hydrogen-bond donors (Lipinski definition) is 0. The molecule has 0 heterocycles. The lowest BCUT2D eigenvalue weighted by Gasteiger charge is -2.40. The molecular formula is C18H33. The van der Waals surface area contributed by atoms with E-state index in [9.17, 15) is 0 Å². The Morgan fingerprint density at radius 1 is 0.833 bits per heavy atom. The second kappa shape index (κ2) is 4.84. The molecule has 0 bridgehead atoms. The normalized spacial score (nSPS) is 40.7. The van der Waals surface area contributed by atoms with Gasteiger partial charge in [0.05, 0.1) is 0 Å². The summed E-state index contributed by atoms with van der Waals surface area (Å²) in [7, 11) is 0. The molecule has 1 radical (unpaired) electrons. The molecule has 0 aromatic heterocycles. The molecule has 0 spiro atoms. The molecule has 18 heavy (non-hydrogen) atoms. The molecule has 2 aliphatic carbocycles.